The first kappa shape index (κ1) is 14.1. The summed E-state index contributed by atoms with van der Waals surface area (Å²) in [7, 11) is 0. The van der Waals surface area contributed by atoms with E-state index in [4.69, 9.17) is 5.84 Å². The highest BCUT2D eigenvalue weighted by Gasteiger charge is 2.29. The summed E-state index contributed by atoms with van der Waals surface area (Å²) in [5.74, 6) is 4.04. The van der Waals surface area contributed by atoms with Crippen LogP contribution in [-0.2, 0) is 6.42 Å². The third-order valence-corrected chi connectivity index (χ3v) is 4.12. The van der Waals surface area contributed by atoms with E-state index in [2.05, 4.69) is 16.5 Å². The van der Waals surface area contributed by atoms with Crippen molar-refractivity contribution in [1.82, 2.24) is 10.4 Å². The molecule has 2 unspecified atom stereocenters. The van der Waals surface area contributed by atoms with Gasteiger partial charge in [0.25, 0.3) is 0 Å². The van der Waals surface area contributed by atoms with Gasteiger partial charge >= 0.3 is 0 Å². The Morgan fingerprint density at radius 2 is 2.10 bits per heavy atom. The van der Waals surface area contributed by atoms with Crippen LogP contribution in [0.4, 0.5) is 8.78 Å². The molecule has 1 aliphatic carbocycles. The highest BCUT2D eigenvalue weighted by atomic mass is 19.2. The number of fused-ring (bicyclic) bond motifs is 1. The van der Waals surface area contributed by atoms with E-state index in [-0.39, 0.29) is 12.0 Å². The minimum atomic E-state index is -0.857. The molecule has 1 heterocycles. The maximum atomic E-state index is 13.5. The molecule has 5 heteroatoms. The number of nitrogens with zero attached hydrogens (tertiary/aromatic N) is 1. The highest BCUT2D eigenvalue weighted by molar-refractivity contribution is 5.31. The summed E-state index contributed by atoms with van der Waals surface area (Å²) < 4.78 is 26.6. The molecule has 21 heavy (non-hydrogen) atoms. The number of hydrogen-bond donors (Lipinski definition) is 2. The number of aromatic nitrogens is 1. The first-order chi connectivity index (χ1) is 10.2. The van der Waals surface area contributed by atoms with Crippen molar-refractivity contribution in [3.63, 3.8) is 0 Å². The Kier molecular flexibility index (Phi) is 3.94. The van der Waals surface area contributed by atoms with Gasteiger partial charge in [0.1, 0.15) is 0 Å². The molecule has 3 nitrogen and oxygen atoms in total. The lowest BCUT2D eigenvalue weighted by molar-refractivity contribution is 0.397. The van der Waals surface area contributed by atoms with Gasteiger partial charge in [-0.3, -0.25) is 16.3 Å². The summed E-state index contributed by atoms with van der Waals surface area (Å²) >= 11 is 0. The van der Waals surface area contributed by atoms with Crippen molar-refractivity contribution in [2.24, 2.45) is 5.84 Å². The predicted octanol–water partition coefficient (Wildman–Crippen LogP) is 2.98. The zero-order valence-corrected chi connectivity index (χ0v) is 11.5. The van der Waals surface area contributed by atoms with Gasteiger partial charge in [-0.25, -0.2) is 8.78 Å². The van der Waals surface area contributed by atoms with Crippen molar-refractivity contribution in [3.05, 3.63) is 65.0 Å². The fourth-order valence-corrected chi connectivity index (χ4v) is 3.12. The third kappa shape index (κ3) is 2.66. The lowest BCUT2D eigenvalue weighted by Crippen LogP contribution is -2.34. The van der Waals surface area contributed by atoms with Crippen molar-refractivity contribution in [1.29, 1.82) is 0 Å². The zero-order chi connectivity index (χ0) is 14.8. The first-order valence-electron chi connectivity index (χ1n) is 7.05. The second kappa shape index (κ2) is 5.87. The van der Waals surface area contributed by atoms with Crippen molar-refractivity contribution >= 4 is 0 Å². The van der Waals surface area contributed by atoms with Crippen molar-refractivity contribution < 1.29 is 8.78 Å². The number of benzene rings is 1. The van der Waals surface area contributed by atoms with E-state index in [9.17, 15) is 8.78 Å². The van der Waals surface area contributed by atoms with Gasteiger partial charge in [0.05, 0.1) is 6.04 Å². The van der Waals surface area contributed by atoms with Crippen molar-refractivity contribution in [2.45, 2.75) is 31.2 Å². The number of pyridine rings is 1. The summed E-state index contributed by atoms with van der Waals surface area (Å²) in [5, 5.41) is 0. The van der Waals surface area contributed by atoms with Crippen LogP contribution in [0.5, 0.6) is 0 Å². The van der Waals surface area contributed by atoms with Gasteiger partial charge in [-0.1, -0.05) is 12.1 Å². The van der Waals surface area contributed by atoms with E-state index in [1.165, 1.54) is 11.6 Å². The Hall–Kier alpha value is -1.85. The van der Waals surface area contributed by atoms with E-state index in [1.54, 1.807) is 12.3 Å². The van der Waals surface area contributed by atoms with E-state index < -0.39 is 11.6 Å². The molecule has 0 saturated heterocycles. The normalized spacial score (nSPS) is 19.1. The number of nitrogens with one attached hydrogen (secondary N) is 1. The number of hydrazine groups is 1. The molecule has 1 aliphatic rings. The van der Waals surface area contributed by atoms with Crippen LogP contribution < -0.4 is 11.3 Å². The monoisotopic (exact) mass is 289 g/mol. The molecule has 3 N–H and O–H groups in total. The van der Waals surface area contributed by atoms with Gasteiger partial charge in [0.2, 0.25) is 0 Å². The molecular formula is C16H17F2N3. The van der Waals surface area contributed by atoms with Crippen LogP contribution in [0.2, 0.25) is 0 Å². The largest absolute Gasteiger partial charge is 0.271 e. The van der Waals surface area contributed by atoms with Crippen LogP contribution in [-0.4, -0.2) is 4.98 Å². The summed E-state index contributed by atoms with van der Waals surface area (Å²) in [6, 6.07) is 7.61. The van der Waals surface area contributed by atoms with Gasteiger partial charge < -0.3 is 0 Å². The molecule has 0 aliphatic heterocycles. The molecule has 0 fully saturated rings. The maximum Gasteiger partial charge on any atom is 0.159 e. The number of rotatable bonds is 3. The second-order valence-corrected chi connectivity index (χ2v) is 5.36. The Morgan fingerprint density at radius 3 is 2.86 bits per heavy atom. The fourth-order valence-electron chi connectivity index (χ4n) is 3.12. The standard InChI is InChI=1S/C16H17F2N3/c17-13-7-6-11(9-14(13)18)16(21-19)12-5-1-3-10-4-2-8-20-15(10)12/h2,4,6-9,12,16,21H,1,3,5,19H2. The van der Waals surface area contributed by atoms with E-state index in [0.717, 1.165) is 31.0 Å². The molecule has 0 bridgehead atoms. The Labute approximate surface area is 122 Å². The Balaban J connectivity index is 1.99. The molecule has 0 amide bonds. The van der Waals surface area contributed by atoms with Gasteiger partial charge in [0.15, 0.2) is 11.6 Å². The van der Waals surface area contributed by atoms with Gasteiger partial charge in [-0.2, -0.15) is 0 Å². The highest BCUT2D eigenvalue weighted by Crippen LogP contribution is 2.39. The van der Waals surface area contributed by atoms with Crippen LogP contribution in [0, 0.1) is 11.6 Å². The average molecular weight is 289 g/mol. The average Bonchev–Trinajstić information content (AvgIpc) is 2.52. The number of nitrogens with two attached hydrogens (primary N) is 1. The molecule has 2 atom stereocenters. The lowest BCUT2D eigenvalue weighted by atomic mass is 9.80. The van der Waals surface area contributed by atoms with Crippen LogP contribution in [0.3, 0.4) is 0 Å². The first-order valence-corrected chi connectivity index (χ1v) is 7.05. The number of hydrogen-bond acceptors (Lipinski definition) is 3. The number of aryl methyl sites for hydroxylation is 1. The second-order valence-electron chi connectivity index (χ2n) is 5.36. The SMILES string of the molecule is NNC(c1ccc(F)c(F)c1)C1CCCc2cccnc21. The van der Waals surface area contributed by atoms with Crippen molar-refractivity contribution in [3.8, 4) is 0 Å². The minimum absolute atomic E-state index is 0.0600. The van der Waals surface area contributed by atoms with E-state index in [1.807, 2.05) is 6.07 Å². The molecule has 1 aromatic heterocycles. The molecule has 3 rings (SSSR count). The van der Waals surface area contributed by atoms with E-state index in [0.29, 0.717) is 5.56 Å². The molecular weight excluding hydrogens is 272 g/mol. The van der Waals surface area contributed by atoms with Gasteiger partial charge in [-0.15, -0.1) is 0 Å². The van der Waals surface area contributed by atoms with Crippen LogP contribution in [0.25, 0.3) is 0 Å². The Morgan fingerprint density at radius 1 is 1.24 bits per heavy atom. The number of halogens is 2. The van der Waals surface area contributed by atoms with E-state index >= 15 is 0 Å². The molecule has 0 radical (unpaired) electrons. The molecule has 0 saturated carbocycles. The summed E-state index contributed by atoms with van der Waals surface area (Å²) in [6.07, 6.45) is 4.70. The quantitative estimate of drug-likeness (QED) is 0.674. The molecule has 0 spiro atoms. The smallest absolute Gasteiger partial charge is 0.159 e. The minimum Gasteiger partial charge on any atom is -0.271 e. The zero-order valence-electron chi connectivity index (χ0n) is 11.5. The maximum absolute atomic E-state index is 13.5. The lowest BCUT2D eigenvalue weighted by Gasteiger charge is -2.31. The molecule has 110 valence electrons. The van der Waals surface area contributed by atoms with Crippen LogP contribution in [0.1, 0.15) is 41.6 Å². The summed E-state index contributed by atoms with van der Waals surface area (Å²) in [4.78, 5) is 4.47. The molecule has 2 aromatic rings. The Bertz CT molecular complexity index is 645. The van der Waals surface area contributed by atoms with Crippen molar-refractivity contribution in [2.75, 3.05) is 0 Å². The fraction of sp³-hybridized carbons (Fsp3) is 0.312. The summed E-state index contributed by atoms with van der Waals surface area (Å²) in [6.45, 7) is 0. The summed E-state index contributed by atoms with van der Waals surface area (Å²) in [5.41, 5.74) is 5.59. The van der Waals surface area contributed by atoms with Crippen LogP contribution >= 0.6 is 0 Å². The predicted molar refractivity (Wildman–Crippen MR) is 76.3 cm³/mol. The third-order valence-electron chi connectivity index (χ3n) is 4.12. The molecule has 1 aromatic carbocycles. The van der Waals surface area contributed by atoms with Gasteiger partial charge in [0, 0.05) is 17.8 Å². The van der Waals surface area contributed by atoms with Crippen LogP contribution in [0.15, 0.2) is 36.5 Å². The topological polar surface area (TPSA) is 50.9 Å². The van der Waals surface area contributed by atoms with Gasteiger partial charge in [-0.05, 0) is 48.6 Å².